The van der Waals surface area contributed by atoms with E-state index in [0.29, 0.717) is 22.6 Å². The number of methoxy groups -OCH3 is 1. The number of rotatable bonds is 5. The van der Waals surface area contributed by atoms with E-state index < -0.39 is 17.0 Å². The lowest BCUT2D eigenvalue weighted by atomic mass is 10.0. The molecule has 1 N–H and O–H groups in total. The Hall–Kier alpha value is -3.35. The summed E-state index contributed by atoms with van der Waals surface area (Å²) in [5, 5.41) is 14.3. The Bertz CT molecular complexity index is 814. The lowest BCUT2D eigenvalue weighted by Gasteiger charge is -2.09. The molecule has 1 aliphatic heterocycles. The summed E-state index contributed by atoms with van der Waals surface area (Å²) in [5.74, 6) is 0.116. The minimum absolute atomic E-state index is 0.246. The van der Waals surface area contributed by atoms with Gasteiger partial charge in [0.15, 0.2) is 0 Å². The van der Waals surface area contributed by atoms with Crippen molar-refractivity contribution in [2.24, 2.45) is 0 Å². The molecule has 0 bridgehead atoms. The third kappa shape index (κ3) is 2.91. The van der Waals surface area contributed by atoms with Crippen molar-refractivity contribution in [3.8, 4) is 5.75 Å². The van der Waals surface area contributed by atoms with Crippen molar-refractivity contribution in [3.05, 3.63) is 81.7 Å². The van der Waals surface area contributed by atoms with E-state index in [9.17, 15) is 14.9 Å². The first kappa shape index (κ1) is 15.5. The van der Waals surface area contributed by atoms with Crippen molar-refractivity contribution in [1.82, 2.24) is 0 Å². The first-order valence-corrected chi connectivity index (χ1v) is 7.15. The molecular weight excluding hydrogens is 312 g/mol. The number of hydrogen-bond donors (Lipinski definition) is 1. The van der Waals surface area contributed by atoms with Crippen LogP contribution >= 0.6 is 0 Å². The van der Waals surface area contributed by atoms with Crippen LogP contribution in [0.3, 0.4) is 0 Å². The molecule has 1 atom stereocenters. The summed E-state index contributed by atoms with van der Waals surface area (Å²) in [6.45, 7) is 0. The fourth-order valence-corrected chi connectivity index (χ4v) is 2.43. The number of carbonyl (C=O) groups is 1. The SMILES string of the molecule is COc1ccc(NC=C(C2OC(=O)c3ccccc32)[N+](=O)[O-])cc1. The van der Waals surface area contributed by atoms with Crippen LogP contribution in [0.25, 0.3) is 0 Å². The highest BCUT2D eigenvalue weighted by atomic mass is 16.6. The molecule has 1 unspecified atom stereocenters. The van der Waals surface area contributed by atoms with E-state index >= 15 is 0 Å². The van der Waals surface area contributed by atoms with E-state index in [0.717, 1.165) is 0 Å². The van der Waals surface area contributed by atoms with Crippen molar-refractivity contribution in [2.75, 3.05) is 12.4 Å². The van der Waals surface area contributed by atoms with Crippen LogP contribution < -0.4 is 10.1 Å². The number of nitrogens with one attached hydrogen (secondary N) is 1. The highest BCUT2D eigenvalue weighted by molar-refractivity contribution is 5.94. The van der Waals surface area contributed by atoms with Crippen molar-refractivity contribution >= 4 is 11.7 Å². The number of anilines is 1. The molecule has 122 valence electrons. The molecule has 0 aliphatic carbocycles. The Kier molecular flexibility index (Phi) is 4.15. The van der Waals surface area contributed by atoms with E-state index in [4.69, 9.17) is 9.47 Å². The van der Waals surface area contributed by atoms with E-state index in [1.807, 2.05) is 0 Å². The van der Waals surface area contributed by atoms with E-state index in [-0.39, 0.29) is 5.70 Å². The zero-order valence-electron chi connectivity index (χ0n) is 12.8. The van der Waals surface area contributed by atoms with Crippen LogP contribution in [-0.2, 0) is 4.74 Å². The smallest absolute Gasteiger partial charge is 0.339 e. The summed E-state index contributed by atoms with van der Waals surface area (Å²) in [7, 11) is 1.55. The minimum Gasteiger partial charge on any atom is -0.497 e. The maximum Gasteiger partial charge on any atom is 0.339 e. The number of ether oxygens (including phenoxy) is 2. The summed E-state index contributed by atoms with van der Waals surface area (Å²) in [5.41, 5.74) is 1.23. The number of esters is 1. The maximum absolute atomic E-state index is 11.8. The van der Waals surface area contributed by atoms with Crippen LogP contribution in [0, 0.1) is 10.1 Å². The Morgan fingerprint density at radius 1 is 1.25 bits per heavy atom. The summed E-state index contributed by atoms with van der Waals surface area (Å²) in [6, 6.07) is 13.5. The molecule has 7 heteroatoms. The van der Waals surface area contributed by atoms with Crippen LogP contribution in [0.2, 0.25) is 0 Å². The van der Waals surface area contributed by atoms with Gasteiger partial charge in [0.1, 0.15) is 5.75 Å². The van der Waals surface area contributed by atoms with Gasteiger partial charge in [0.25, 0.3) is 0 Å². The van der Waals surface area contributed by atoms with Gasteiger partial charge in [-0.3, -0.25) is 10.1 Å². The highest BCUT2D eigenvalue weighted by Gasteiger charge is 2.39. The quantitative estimate of drug-likeness (QED) is 0.516. The number of fused-ring (bicyclic) bond motifs is 1. The van der Waals surface area contributed by atoms with Gasteiger partial charge in [0.05, 0.1) is 23.8 Å². The second kappa shape index (κ2) is 6.41. The van der Waals surface area contributed by atoms with Crippen LogP contribution in [-0.4, -0.2) is 18.0 Å². The summed E-state index contributed by atoms with van der Waals surface area (Å²) >= 11 is 0. The molecule has 0 saturated heterocycles. The number of nitrogens with zero attached hydrogens (tertiary/aromatic N) is 1. The fourth-order valence-electron chi connectivity index (χ4n) is 2.43. The van der Waals surface area contributed by atoms with Gasteiger partial charge >= 0.3 is 11.7 Å². The predicted octanol–water partition coefficient (Wildman–Crippen LogP) is 3.14. The molecule has 2 aromatic rings. The first-order chi connectivity index (χ1) is 11.6. The average molecular weight is 326 g/mol. The zero-order chi connectivity index (χ0) is 17.1. The molecule has 0 amide bonds. The number of nitro groups is 1. The summed E-state index contributed by atoms with van der Waals surface area (Å²) in [4.78, 5) is 22.7. The number of carbonyl (C=O) groups excluding carboxylic acids is 1. The second-order valence-electron chi connectivity index (χ2n) is 5.07. The van der Waals surface area contributed by atoms with Crippen molar-refractivity contribution < 1.29 is 19.2 Å². The normalized spacial score (nSPS) is 16.3. The number of hydrogen-bond acceptors (Lipinski definition) is 6. The zero-order valence-corrected chi connectivity index (χ0v) is 12.8. The van der Waals surface area contributed by atoms with Gasteiger partial charge in [-0.1, -0.05) is 18.2 Å². The average Bonchev–Trinajstić information content (AvgIpc) is 2.93. The van der Waals surface area contributed by atoms with Gasteiger partial charge in [-0.25, -0.2) is 4.79 Å². The summed E-state index contributed by atoms with van der Waals surface area (Å²) in [6.07, 6.45) is 0.205. The van der Waals surface area contributed by atoms with Crippen molar-refractivity contribution in [3.63, 3.8) is 0 Å². The molecule has 0 spiro atoms. The monoisotopic (exact) mass is 326 g/mol. The van der Waals surface area contributed by atoms with Crippen LogP contribution in [0.5, 0.6) is 5.75 Å². The number of benzene rings is 2. The van der Waals surface area contributed by atoms with E-state index in [1.54, 1.807) is 55.6 Å². The number of cyclic esters (lactones) is 1. The molecule has 7 nitrogen and oxygen atoms in total. The van der Waals surface area contributed by atoms with Gasteiger partial charge in [-0.15, -0.1) is 0 Å². The van der Waals surface area contributed by atoms with Gasteiger partial charge < -0.3 is 14.8 Å². The van der Waals surface area contributed by atoms with E-state index in [2.05, 4.69) is 5.32 Å². The third-order valence-electron chi connectivity index (χ3n) is 3.64. The molecule has 0 saturated carbocycles. The Morgan fingerprint density at radius 3 is 2.62 bits per heavy atom. The van der Waals surface area contributed by atoms with Gasteiger partial charge in [-0.05, 0) is 30.3 Å². The lowest BCUT2D eigenvalue weighted by molar-refractivity contribution is -0.436. The maximum atomic E-state index is 11.8. The lowest BCUT2D eigenvalue weighted by Crippen LogP contribution is -2.12. The van der Waals surface area contributed by atoms with Gasteiger partial charge in [-0.2, -0.15) is 0 Å². The first-order valence-electron chi connectivity index (χ1n) is 7.15. The minimum atomic E-state index is -1.03. The molecule has 0 fully saturated rings. The van der Waals surface area contributed by atoms with E-state index in [1.165, 1.54) is 6.20 Å². The Morgan fingerprint density at radius 2 is 1.96 bits per heavy atom. The molecule has 3 rings (SSSR count). The molecule has 1 aliphatic rings. The standard InChI is InChI=1S/C17H14N2O5/c1-23-12-8-6-11(7-9-12)18-10-15(19(21)22)16-13-4-2-3-5-14(13)17(20)24-16/h2-10,16,18H,1H3. The van der Waals surface area contributed by atoms with Crippen LogP contribution in [0.1, 0.15) is 22.0 Å². The topological polar surface area (TPSA) is 90.7 Å². The molecule has 0 aromatic heterocycles. The van der Waals surface area contributed by atoms with Crippen LogP contribution in [0.4, 0.5) is 5.69 Å². The molecule has 0 radical (unpaired) electrons. The highest BCUT2D eigenvalue weighted by Crippen LogP contribution is 2.35. The van der Waals surface area contributed by atoms with Gasteiger partial charge in [0, 0.05) is 11.3 Å². The fraction of sp³-hybridized carbons (Fsp3) is 0.118. The predicted molar refractivity (Wildman–Crippen MR) is 86.3 cm³/mol. The molecular formula is C17H14N2O5. The third-order valence-corrected chi connectivity index (χ3v) is 3.64. The Balaban J connectivity index is 1.87. The molecule has 24 heavy (non-hydrogen) atoms. The largest absolute Gasteiger partial charge is 0.497 e. The van der Waals surface area contributed by atoms with Gasteiger partial charge in [0.2, 0.25) is 6.10 Å². The Labute approximate surface area is 137 Å². The molecule has 1 heterocycles. The second-order valence-corrected chi connectivity index (χ2v) is 5.07. The van der Waals surface area contributed by atoms with Crippen molar-refractivity contribution in [1.29, 1.82) is 0 Å². The summed E-state index contributed by atoms with van der Waals surface area (Å²) < 4.78 is 10.2. The van der Waals surface area contributed by atoms with Crippen LogP contribution in [0.15, 0.2) is 60.4 Å². The molecule has 2 aromatic carbocycles. The van der Waals surface area contributed by atoms with Crippen molar-refractivity contribution in [2.45, 2.75) is 6.10 Å².